The molecule has 0 fully saturated rings. The number of methoxy groups -OCH3 is 1. The highest BCUT2D eigenvalue weighted by Crippen LogP contribution is 2.37. The Labute approximate surface area is 156 Å². The summed E-state index contributed by atoms with van der Waals surface area (Å²) in [5.74, 6) is 0.234. The molecular formula is C17H20N4O2S2. The summed E-state index contributed by atoms with van der Waals surface area (Å²) in [5.41, 5.74) is 1.73. The Hall–Kier alpha value is -2.06. The predicted octanol–water partition coefficient (Wildman–Crippen LogP) is 3.79. The van der Waals surface area contributed by atoms with E-state index < -0.39 is 0 Å². The molecule has 2 heterocycles. The van der Waals surface area contributed by atoms with Gasteiger partial charge in [0, 0.05) is 17.3 Å². The molecule has 0 saturated heterocycles. The van der Waals surface area contributed by atoms with Crippen molar-refractivity contribution in [2.75, 3.05) is 17.7 Å². The van der Waals surface area contributed by atoms with Gasteiger partial charge in [-0.15, -0.1) is 11.3 Å². The Morgan fingerprint density at radius 1 is 1.20 bits per heavy atom. The van der Waals surface area contributed by atoms with E-state index in [0.717, 1.165) is 36.2 Å². The molecule has 8 heteroatoms. The zero-order chi connectivity index (χ0) is 17.6. The number of thiocarbonyl (C=S) groups is 1. The molecule has 0 saturated carbocycles. The average molecular weight is 377 g/mol. The van der Waals surface area contributed by atoms with Crippen LogP contribution in [-0.2, 0) is 17.6 Å². The fraction of sp³-hybridized carbons (Fsp3) is 0.412. The maximum absolute atomic E-state index is 12.4. The lowest BCUT2D eigenvalue weighted by molar-refractivity contribution is 0.0601. The van der Waals surface area contributed by atoms with E-state index in [4.69, 9.17) is 17.0 Å². The van der Waals surface area contributed by atoms with E-state index in [1.807, 2.05) is 0 Å². The molecule has 0 aromatic carbocycles. The van der Waals surface area contributed by atoms with Crippen LogP contribution in [-0.4, -0.2) is 28.2 Å². The summed E-state index contributed by atoms with van der Waals surface area (Å²) in [6, 6.07) is 0. The normalized spacial score (nSPS) is 14.0. The standard InChI is InChI=1S/C17H20N4O2S2/c1-23-16(22)14-11-6-4-2-3-5-7-12(11)25-15(14)21-17(24)20-13-10-18-8-9-19-13/h8-10H,2-7H2,1H3,(H2,19,20,21,24). The number of fused-ring (bicyclic) bond motifs is 1. The molecule has 25 heavy (non-hydrogen) atoms. The molecule has 2 aromatic rings. The summed E-state index contributed by atoms with van der Waals surface area (Å²) in [6.45, 7) is 0. The maximum Gasteiger partial charge on any atom is 0.341 e. The number of esters is 1. The minimum Gasteiger partial charge on any atom is -0.465 e. The molecule has 0 atom stereocenters. The van der Waals surface area contributed by atoms with Crippen LogP contribution >= 0.6 is 23.6 Å². The van der Waals surface area contributed by atoms with E-state index in [-0.39, 0.29) is 5.97 Å². The van der Waals surface area contributed by atoms with Crippen molar-refractivity contribution >= 4 is 45.5 Å². The number of aromatic nitrogens is 2. The van der Waals surface area contributed by atoms with Gasteiger partial charge in [-0.1, -0.05) is 12.8 Å². The molecule has 0 amide bonds. The van der Waals surface area contributed by atoms with Crippen molar-refractivity contribution in [1.82, 2.24) is 9.97 Å². The molecule has 0 radical (unpaired) electrons. The smallest absolute Gasteiger partial charge is 0.341 e. The molecule has 1 aliphatic rings. The molecule has 0 aliphatic heterocycles. The molecule has 3 rings (SSSR count). The number of carbonyl (C=O) groups is 1. The van der Waals surface area contributed by atoms with E-state index in [0.29, 0.717) is 16.5 Å². The minimum atomic E-state index is -0.317. The topological polar surface area (TPSA) is 76.1 Å². The number of nitrogens with zero attached hydrogens (tertiary/aromatic N) is 2. The highest BCUT2D eigenvalue weighted by atomic mass is 32.1. The van der Waals surface area contributed by atoms with Crippen molar-refractivity contribution in [2.24, 2.45) is 0 Å². The number of nitrogens with one attached hydrogen (secondary N) is 2. The number of carbonyl (C=O) groups excluding carboxylic acids is 1. The van der Waals surface area contributed by atoms with Gasteiger partial charge in [0.2, 0.25) is 0 Å². The molecule has 0 unspecified atom stereocenters. The van der Waals surface area contributed by atoms with Gasteiger partial charge in [-0.2, -0.15) is 0 Å². The van der Waals surface area contributed by atoms with Crippen LogP contribution in [0.4, 0.5) is 10.8 Å². The van der Waals surface area contributed by atoms with Gasteiger partial charge in [-0.25, -0.2) is 9.78 Å². The number of rotatable bonds is 3. The van der Waals surface area contributed by atoms with Crippen LogP contribution in [0.1, 0.15) is 46.5 Å². The SMILES string of the molecule is COC(=O)c1c(NC(=S)Nc2cnccn2)sc2c1CCCCCC2. The predicted molar refractivity (Wildman–Crippen MR) is 103 cm³/mol. The second-order valence-electron chi connectivity index (χ2n) is 5.78. The van der Waals surface area contributed by atoms with Crippen LogP contribution in [0.15, 0.2) is 18.6 Å². The average Bonchev–Trinajstić information content (AvgIpc) is 2.91. The summed E-state index contributed by atoms with van der Waals surface area (Å²) in [5, 5.41) is 7.23. The van der Waals surface area contributed by atoms with Crippen LogP contribution in [0.2, 0.25) is 0 Å². The lowest BCUT2D eigenvalue weighted by atomic mass is 9.96. The number of hydrogen-bond donors (Lipinski definition) is 2. The van der Waals surface area contributed by atoms with Gasteiger partial charge in [-0.05, 0) is 43.5 Å². The zero-order valence-corrected chi connectivity index (χ0v) is 15.6. The lowest BCUT2D eigenvalue weighted by Gasteiger charge is -2.11. The fourth-order valence-electron chi connectivity index (χ4n) is 2.94. The first-order chi connectivity index (χ1) is 12.2. The maximum atomic E-state index is 12.4. The monoisotopic (exact) mass is 376 g/mol. The Morgan fingerprint density at radius 2 is 2.00 bits per heavy atom. The van der Waals surface area contributed by atoms with Crippen molar-refractivity contribution in [1.29, 1.82) is 0 Å². The third kappa shape index (κ3) is 4.32. The summed E-state index contributed by atoms with van der Waals surface area (Å²) >= 11 is 6.95. The Bertz CT molecular complexity index is 762. The summed E-state index contributed by atoms with van der Waals surface area (Å²) in [7, 11) is 1.41. The van der Waals surface area contributed by atoms with E-state index in [1.165, 1.54) is 24.8 Å². The van der Waals surface area contributed by atoms with Crippen LogP contribution in [0, 0.1) is 0 Å². The fourth-order valence-corrected chi connectivity index (χ4v) is 4.49. The quantitative estimate of drug-likeness (QED) is 0.623. The molecule has 0 spiro atoms. The number of aryl methyl sites for hydroxylation is 1. The first kappa shape index (κ1) is 17.8. The van der Waals surface area contributed by atoms with Crippen LogP contribution in [0.5, 0.6) is 0 Å². The van der Waals surface area contributed by atoms with E-state index in [1.54, 1.807) is 29.9 Å². The van der Waals surface area contributed by atoms with Gasteiger partial charge in [0.25, 0.3) is 0 Å². The molecule has 2 N–H and O–H groups in total. The molecule has 132 valence electrons. The van der Waals surface area contributed by atoms with Crippen LogP contribution < -0.4 is 10.6 Å². The molecule has 2 aromatic heterocycles. The number of thiophene rings is 1. The van der Waals surface area contributed by atoms with E-state index in [9.17, 15) is 4.79 Å². The molecular weight excluding hydrogens is 356 g/mol. The Kier molecular flexibility index (Phi) is 5.93. The van der Waals surface area contributed by atoms with Gasteiger partial charge in [0.15, 0.2) is 10.9 Å². The van der Waals surface area contributed by atoms with Crippen molar-refractivity contribution in [3.05, 3.63) is 34.6 Å². The lowest BCUT2D eigenvalue weighted by Crippen LogP contribution is -2.21. The third-order valence-electron chi connectivity index (χ3n) is 4.09. The zero-order valence-electron chi connectivity index (χ0n) is 14.0. The van der Waals surface area contributed by atoms with Gasteiger partial charge in [0.1, 0.15) is 5.00 Å². The summed E-state index contributed by atoms with van der Waals surface area (Å²) in [6.07, 6.45) is 11.3. The Morgan fingerprint density at radius 3 is 2.72 bits per heavy atom. The van der Waals surface area contributed by atoms with Gasteiger partial charge < -0.3 is 15.4 Å². The van der Waals surface area contributed by atoms with Crippen molar-refractivity contribution in [3.63, 3.8) is 0 Å². The second kappa shape index (κ2) is 8.35. The third-order valence-corrected chi connectivity index (χ3v) is 5.50. The highest BCUT2D eigenvalue weighted by Gasteiger charge is 2.25. The van der Waals surface area contributed by atoms with Crippen LogP contribution in [0.3, 0.4) is 0 Å². The van der Waals surface area contributed by atoms with Crippen LogP contribution in [0.25, 0.3) is 0 Å². The van der Waals surface area contributed by atoms with Crippen molar-refractivity contribution in [3.8, 4) is 0 Å². The minimum absolute atomic E-state index is 0.317. The van der Waals surface area contributed by atoms with E-state index in [2.05, 4.69) is 20.6 Å². The first-order valence-electron chi connectivity index (χ1n) is 8.26. The number of ether oxygens (including phenoxy) is 1. The highest BCUT2D eigenvalue weighted by molar-refractivity contribution is 7.80. The molecule has 6 nitrogen and oxygen atoms in total. The first-order valence-corrected chi connectivity index (χ1v) is 9.48. The Balaban J connectivity index is 1.85. The van der Waals surface area contributed by atoms with Crippen molar-refractivity contribution in [2.45, 2.75) is 38.5 Å². The largest absolute Gasteiger partial charge is 0.465 e. The van der Waals surface area contributed by atoms with Gasteiger partial charge in [0.05, 0.1) is 18.9 Å². The summed E-state index contributed by atoms with van der Waals surface area (Å²) in [4.78, 5) is 21.7. The van der Waals surface area contributed by atoms with Gasteiger partial charge in [-0.3, -0.25) is 4.98 Å². The van der Waals surface area contributed by atoms with Gasteiger partial charge >= 0.3 is 5.97 Å². The second-order valence-corrected chi connectivity index (χ2v) is 7.30. The molecule has 0 bridgehead atoms. The van der Waals surface area contributed by atoms with E-state index >= 15 is 0 Å². The summed E-state index contributed by atoms with van der Waals surface area (Å²) < 4.78 is 5.01. The number of anilines is 2. The number of hydrogen-bond acceptors (Lipinski definition) is 6. The van der Waals surface area contributed by atoms with Crippen molar-refractivity contribution < 1.29 is 9.53 Å². The molecule has 1 aliphatic carbocycles.